The van der Waals surface area contributed by atoms with Gasteiger partial charge in [0, 0.05) is 0 Å². The number of hydrogen-bond donors (Lipinski definition) is 6. The van der Waals surface area contributed by atoms with Crippen LogP contribution < -0.4 is 11.5 Å². The van der Waals surface area contributed by atoms with Gasteiger partial charge in [0.1, 0.15) is 0 Å². The first-order chi connectivity index (χ1) is 19.9. The number of aromatic carboxylic acids is 4. The van der Waals surface area contributed by atoms with Crippen LogP contribution in [0, 0.1) is 0 Å². The second-order valence-corrected chi connectivity index (χ2v) is 10.0. The maximum absolute atomic E-state index is 11.8. The van der Waals surface area contributed by atoms with E-state index in [9.17, 15) is 49.2 Å². The Kier molecular flexibility index (Phi) is 12.7. The lowest BCUT2D eigenvalue weighted by atomic mass is 9.91. The largest absolute Gasteiger partial charge is 0.478 e. The van der Waals surface area contributed by atoms with Crippen molar-refractivity contribution in [1.29, 1.82) is 0 Å². The van der Waals surface area contributed by atoms with E-state index in [4.69, 9.17) is 11.5 Å². The average molecular weight is 585 g/mol. The van der Waals surface area contributed by atoms with E-state index >= 15 is 0 Å². The van der Waals surface area contributed by atoms with Crippen LogP contribution >= 0.6 is 0 Å². The summed E-state index contributed by atoms with van der Waals surface area (Å²) in [6.45, 7) is 0. The van der Waals surface area contributed by atoms with Crippen LogP contribution in [0.3, 0.4) is 0 Å². The summed E-state index contributed by atoms with van der Waals surface area (Å²) in [5.41, 5.74) is 9.28. The van der Waals surface area contributed by atoms with Crippen LogP contribution in [0.5, 0.6) is 0 Å². The standard InChI is InChI=1S/C30H36N2O10/c31-25(33)21-15-13-19(27(35)36)17(23(21)29(39)40)11-9-7-5-3-1-2-4-6-8-10-12-18-20(28(37)38)14-16-22(26(32)34)24(18)30(41)42/h13-16H,1-12H2,(H2,31,33)(H2,32,34)(H,35,36)(H,37,38)(H,39,40)(H,41,42). The molecule has 8 N–H and O–H groups in total. The summed E-state index contributed by atoms with van der Waals surface area (Å²) >= 11 is 0. The minimum absolute atomic E-state index is 0.0959. The molecular weight excluding hydrogens is 548 g/mol. The van der Waals surface area contributed by atoms with Gasteiger partial charge in [-0.2, -0.15) is 0 Å². The first-order valence-corrected chi connectivity index (χ1v) is 13.7. The molecule has 0 spiro atoms. The molecule has 0 atom stereocenters. The SMILES string of the molecule is NC(=O)c1ccc(C(=O)O)c(CCCCCCCCCCCCc2c(C(=O)O)ccc(C(N)=O)c2C(=O)O)c1C(=O)O. The summed E-state index contributed by atoms with van der Waals surface area (Å²) in [7, 11) is 0. The highest BCUT2D eigenvalue weighted by molar-refractivity contribution is 6.08. The third-order valence-corrected chi connectivity index (χ3v) is 7.15. The van der Waals surface area contributed by atoms with E-state index in [0.717, 1.165) is 63.5 Å². The van der Waals surface area contributed by atoms with Gasteiger partial charge in [-0.3, -0.25) is 9.59 Å². The Morgan fingerprint density at radius 1 is 0.429 bits per heavy atom. The monoisotopic (exact) mass is 584 g/mol. The number of carbonyl (C=O) groups excluding carboxylic acids is 2. The first kappa shape index (κ1) is 33.5. The third kappa shape index (κ3) is 8.88. The van der Waals surface area contributed by atoms with E-state index < -0.39 is 35.7 Å². The fraction of sp³-hybridized carbons (Fsp3) is 0.400. The lowest BCUT2D eigenvalue weighted by molar-refractivity contribution is 0.0671. The Labute approximate surface area is 242 Å². The molecule has 0 saturated carbocycles. The Bertz CT molecular complexity index is 1260. The summed E-state index contributed by atoms with van der Waals surface area (Å²) in [6.07, 6.45) is 8.52. The smallest absolute Gasteiger partial charge is 0.336 e. The van der Waals surface area contributed by atoms with Gasteiger partial charge in [0.05, 0.1) is 33.4 Å². The van der Waals surface area contributed by atoms with Crippen molar-refractivity contribution in [3.05, 3.63) is 68.8 Å². The van der Waals surface area contributed by atoms with Crippen LogP contribution in [0.25, 0.3) is 0 Å². The number of unbranched alkanes of at least 4 members (excludes halogenated alkanes) is 9. The van der Waals surface area contributed by atoms with Crippen LogP contribution in [0.4, 0.5) is 0 Å². The Morgan fingerprint density at radius 2 is 0.690 bits per heavy atom. The van der Waals surface area contributed by atoms with E-state index in [0.29, 0.717) is 12.8 Å². The van der Waals surface area contributed by atoms with Gasteiger partial charge in [0.15, 0.2) is 0 Å². The van der Waals surface area contributed by atoms with E-state index in [1.165, 1.54) is 12.1 Å². The number of rotatable bonds is 19. The van der Waals surface area contributed by atoms with E-state index in [1.54, 1.807) is 0 Å². The van der Waals surface area contributed by atoms with E-state index in [-0.39, 0.29) is 57.3 Å². The molecule has 0 aliphatic heterocycles. The van der Waals surface area contributed by atoms with Crippen molar-refractivity contribution in [2.24, 2.45) is 11.5 Å². The molecule has 2 aromatic rings. The molecule has 2 rings (SSSR count). The van der Waals surface area contributed by atoms with Crippen LogP contribution in [-0.2, 0) is 12.8 Å². The number of carbonyl (C=O) groups is 6. The van der Waals surface area contributed by atoms with Gasteiger partial charge in [0.2, 0.25) is 11.8 Å². The maximum Gasteiger partial charge on any atom is 0.336 e. The summed E-state index contributed by atoms with van der Waals surface area (Å²) < 4.78 is 0. The fourth-order valence-electron chi connectivity index (χ4n) is 5.13. The van der Waals surface area contributed by atoms with Gasteiger partial charge in [-0.05, 0) is 61.1 Å². The molecule has 0 aliphatic rings. The Morgan fingerprint density at radius 3 is 0.929 bits per heavy atom. The molecule has 0 fully saturated rings. The highest BCUT2D eigenvalue weighted by Gasteiger charge is 2.25. The number of hydrogen-bond acceptors (Lipinski definition) is 6. The molecule has 0 unspecified atom stereocenters. The number of carboxylic acids is 4. The molecular formula is C30H36N2O10. The average Bonchev–Trinajstić information content (AvgIpc) is 2.91. The zero-order chi connectivity index (χ0) is 31.4. The van der Waals surface area contributed by atoms with Crippen molar-refractivity contribution < 1.29 is 49.2 Å². The van der Waals surface area contributed by atoms with Crippen molar-refractivity contribution in [3.63, 3.8) is 0 Å². The lowest BCUT2D eigenvalue weighted by Crippen LogP contribution is -2.20. The number of primary amides is 2. The second-order valence-electron chi connectivity index (χ2n) is 10.0. The molecule has 2 aromatic carbocycles. The zero-order valence-electron chi connectivity index (χ0n) is 23.2. The van der Waals surface area contributed by atoms with Gasteiger partial charge in [-0.25, -0.2) is 19.2 Å². The normalized spacial score (nSPS) is 10.8. The molecule has 0 bridgehead atoms. The number of amides is 2. The zero-order valence-corrected chi connectivity index (χ0v) is 23.2. The quantitative estimate of drug-likeness (QED) is 0.128. The van der Waals surface area contributed by atoms with Gasteiger partial charge in [0.25, 0.3) is 0 Å². The van der Waals surface area contributed by atoms with Crippen molar-refractivity contribution in [1.82, 2.24) is 0 Å². The Hall–Kier alpha value is -4.74. The first-order valence-electron chi connectivity index (χ1n) is 13.7. The maximum atomic E-state index is 11.8. The second kappa shape index (κ2) is 15.9. The molecule has 0 saturated heterocycles. The van der Waals surface area contributed by atoms with Crippen LogP contribution in [-0.4, -0.2) is 56.1 Å². The number of nitrogens with two attached hydrogens (primary N) is 2. The lowest BCUT2D eigenvalue weighted by Gasteiger charge is -2.13. The van der Waals surface area contributed by atoms with E-state index in [1.807, 2.05) is 0 Å². The molecule has 2 amide bonds. The summed E-state index contributed by atoms with van der Waals surface area (Å²) in [5, 5.41) is 38.1. The Balaban J connectivity index is 1.77. The summed E-state index contributed by atoms with van der Waals surface area (Å²) in [4.78, 5) is 70.0. The van der Waals surface area contributed by atoms with Crippen molar-refractivity contribution >= 4 is 35.7 Å². The van der Waals surface area contributed by atoms with Gasteiger partial charge in [-0.1, -0.05) is 51.4 Å². The minimum atomic E-state index is -1.40. The summed E-state index contributed by atoms with van der Waals surface area (Å²) in [5.74, 6) is -7.20. The molecule has 0 radical (unpaired) electrons. The molecule has 12 nitrogen and oxygen atoms in total. The van der Waals surface area contributed by atoms with Crippen LogP contribution in [0.15, 0.2) is 24.3 Å². The van der Waals surface area contributed by atoms with Crippen molar-refractivity contribution in [2.75, 3.05) is 0 Å². The van der Waals surface area contributed by atoms with Crippen molar-refractivity contribution in [3.8, 4) is 0 Å². The topological polar surface area (TPSA) is 235 Å². The predicted octanol–water partition coefficient (Wildman–Crippen LogP) is 4.36. The van der Waals surface area contributed by atoms with E-state index in [2.05, 4.69) is 0 Å². The third-order valence-electron chi connectivity index (χ3n) is 7.15. The number of benzene rings is 2. The number of carboxylic acid groups (broad SMARTS) is 4. The fourth-order valence-corrected chi connectivity index (χ4v) is 5.13. The molecule has 0 heterocycles. The van der Waals surface area contributed by atoms with Crippen LogP contribution in [0.1, 0.15) is 137 Å². The molecule has 12 heteroatoms. The van der Waals surface area contributed by atoms with Gasteiger partial charge in [-0.15, -0.1) is 0 Å². The predicted molar refractivity (Wildman–Crippen MR) is 151 cm³/mol. The molecule has 42 heavy (non-hydrogen) atoms. The highest BCUT2D eigenvalue weighted by atomic mass is 16.4. The van der Waals surface area contributed by atoms with Crippen molar-refractivity contribution in [2.45, 2.75) is 77.0 Å². The molecule has 0 aromatic heterocycles. The molecule has 0 aliphatic carbocycles. The highest BCUT2D eigenvalue weighted by Crippen LogP contribution is 2.25. The van der Waals surface area contributed by atoms with Gasteiger partial charge < -0.3 is 31.9 Å². The van der Waals surface area contributed by atoms with Gasteiger partial charge >= 0.3 is 23.9 Å². The minimum Gasteiger partial charge on any atom is -0.478 e. The van der Waals surface area contributed by atoms with Crippen LogP contribution in [0.2, 0.25) is 0 Å². The molecule has 226 valence electrons. The summed E-state index contributed by atoms with van der Waals surface area (Å²) in [6, 6.07) is 4.67.